The minimum absolute atomic E-state index is 0.00990. The lowest BCUT2D eigenvalue weighted by atomic mass is 9.77. The second kappa shape index (κ2) is 17.6. The van der Waals surface area contributed by atoms with Crippen LogP contribution in [0.5, 0.6) is 5.95 Å². The number of benzene rings is 3. The summed E-state index contributed by atoms with van der Waals surface area (Å²) in [7, 11) is 0. The smallest absolute Gasteiger partial charge is 0.338 e. The summed E-state index contributed by atoms with van der Waals surface area (Å²) in [5.41, 5.74) is 11.7. The van der Waals surface area contributed by atoms with Crippen molar-refractivity contribution in [3.05, 3.63) is 140 Å². The molecule has 10 heteroatoms. The number of allylic oxidation sites excluding steroid dienone is 5. The third-order valence-electron chi connectivity index (χ3n) is 12.3. The Hall–Kier alpha value is -6.65. The zero-order valence-electron chi connectivity index (χ0n) is 37.0. The predicted octanol–water partition coefficient (Wildman–Crippen LogP) is 6.43. The van der Waals surface area contributed by atoms with E-state index in [-0.39, 0.29) is 23.9 Å². The summed E-state index contributed by atoms with van der Waals surface area (Å²) >= 11 is 0. The van der Waals surface area contributed by atoms with Gasteiger partial charge in [0.1, 0.15) is 41.5 Å². The number of nitrogens with one attached hydrogen (secondary N) is 4. The molecular formula is C53H56N4O6+2. The quantitative estimate of drug-likeness (QED) is 0.0552. The molecule has 0 saturated carbocycles. The normalized spacial score (nSPS) is 18.9. The molecule has 5 N–H and O–H groups in total. The second-order valence-corrected chi connectivity index (χ2v) is 16.6. The lowest BCUT2D eigenvalue weighted by Crippen LogP contribution is -2.76. The molecule has 2 atom stereocenters. The number of fused-ring (bicyclic) bond motifs is 6. The number of carbonyl (C=O) groups is 1. The van der Waals surface area contributed by atoms with E-state index in [0.29, 0.717) is 28.9 Å². The summed E-state index contributed by atoms with van der Waals surface area (Å²) in [6, 6.07) is 15.9. The number of esters is 1. The Kier molecular flexibility index (Phi) is 11.7. The maximum absolute atomic E-state index is 13.3. The van der Waals surface area contributed by atoms with Crippen LogP contribution in [0.2, 0.25) is 0 Å². The van der Waals surface area contributed by atoms with Crippen LogP contribution in [0.25, 0.3) is 51.0 Å². The summed E-state index contributed by atoms with van der Waals surface area (Å²) in [4.78, 5) is 20.4. The minimum atomic E-state index is -0.328. The summed E-state index contributed by atoms with van der Waals surface area (Å²) in [6.45, 7) is 15.8. The molecule has 6 aliphatic rings. The van der Waals surface area contributed by atoms with Gasteiger partial charge in [-0.15, -0.1) is 0 Å². The number of aromatic hydroxyl groups is 1. The largest absolute Gasteiger partial charge is 0.480 e. The van der Waals surface area contributed by atoms with E-state index >= 15 is 0 Å². The number of hydrogen-bond donors (Lipinski definition) is 5. The second-order valence-electron chi connectivity index (χ2n) is 16.6. The molecule has 0 fully saturated rings. The first-order valence-corrected chi connectivity index (χ1v) is 22.3. The van der Waals surface area contributed by atoms with Crippen LogP contribution < -0.4 is 31.2 Å². The maximum Gasteiger partial charge on any atom is 0.338 e. The van der Waals surface area contributed by atoms with Gasteiger partial charge in [0.2, 0.25) is 11.1 Å². The van der Waals surface area contributed by atoms with E-state index in [2.05, 4.69) is 90.8 Å². The van der Waals surface area contributed by atoms with E-state index in [9.17, 15) is 9.90 Å². The first-order chi connectivity index (χ1) is 30.7. The lowest BCUT2D eigenvalue weighted by Gasteiger charge is -2.35. The molecule has 63 heavy (non-hydrogen) atoms. The van der Waals surface area contributed by atoms with Gasteiger partial charge >= 0.3 is 5.97 Å². The topological polar surface area (TPSA) is 134 Å². The van der Waals surface area contributed by atoms with E-state index < -0.39 is 0 Å². The third kappa shape index (κ3) is 7.88. The highest BCUT2D eigenvalue weighted by molar-refractivity contribution is 6.13. The van der Waals surface area contributed by atoms with Crippen LogP contribution in [0.3, 0.4) is 0 Å². The van der Waals surface area contributed by atoms with Gasteiger partial charge in [0, 0.05) is 65.0 Å². The Bertz CT molecular complexity index is 3020. The summed E-state index contributed by atoms with van der Waals surface area (Å²) < 4.78 is 25.1. The lowest BCUT2D eigenvalue weighted by molar-refractivity contribution is -0.501. The van der Waals surface area contributed by atoms with Crippen LogP contribution in [0, 0.1) is 12.8 Å². The van der Waals surface area contributed by atoms with E-state index in [1.807, 2.05) is 62.4 Å². The fraction of sp³-hybridized carbons (Fsp3) is 0.302. The first-order valence-electron chi connectivity index (χ1n) is 22.3. The van der Waals surface area contributed by atoms with E-state index in [4.69, 9.17) is 18.3 Å². The zero-order valence-corrected chi connectivity index (χ0v) is 37.0. The average Bonchev–Trinajstić information content (AvgIpc) is 3.39. The molecule has 4 aliphatic carbocycles. The van der Waals surface area contributed by atoms with Crippen LogP contribution in [0.15, 0.2) is 116 Å². The summed E-state index contributed by atoms with van der Waals surface area (Å²) in [6.07, 6.45) is 17.6. The molecule has 0 spiro atoms. The third-order valence-corrected chi connectivity index (χ3v) is 12.3. The molecule has 9 rings (SSSR count). The van der Waals surface area contributed by atoms with Gasteiger partial charge in [-0.25, -0.2) is 14.8 Å². The standard InChI is InChI=1S/C53H54N4O6/c1-7-54-34-26-46-51-47(27-34)63-53(59)38-19-13-11-17-36(38)50(51)48-32(6)22-33(25-45(48)62-46)56-20-14-15-21-57-42-29-44-40(24-31(42)5)49(35-16-10-12-18-37(35)52(58)60-9-3)39-23-30(4)41(55-8-2)28-43(39)61-44/h10,12-13,16-19,22-29,39,42,54,57,59H,7-9,11,14-15,20-21H2,1-6H3/p+2. The van der Waals surface area contributed by atoms with Crippen molar-refractivity contribution in [2.24, 2.45) is 5.92 Å². The minimum Gasteiger partial charge on any atom is -0.480 e. The molecule has 3 aromatic rings. The number of carbonyl (C=O) groups excluding carboxylic acids is 1. The zero-order chi connectivity index (χ0) is 43.8. The Labute approximate surface area is 367 Å². The molecule has 0 radical (unpaired) electrons. The first kappa shape index (κ1) is 41.7. The molecule has 2 unspecified atom stereocenters. The maximum atomic E-state index is 13.3. The Morgan fingerprint density at radius 2 is 1.78 bits per heavy atom. The van der Waals surface area contributed by atoms with Crippen LogP contribution in [-0.4, -0.2) is 55.6 Å². The SMILES string of the molecule is CCNc1cc2oc3cc(=[NH+]CCCCNC4C=C5OC6=CC(=[NH+]CC)C(C)=CC6C(c6ccccc6C(=O)OCC)=C5C=C4C)cc(C)c-3c3c4c(c(O)oc(c1)c23)C=CCC=4. The van der Waals surface area contributed by atoms with E-state index in [0.717, 1.165) is 129 Å². The number of aryl methyl sites for hydroxylation is 1. The highest BCUT2D eigenvalue weighted by atomic mass is 16.5. The van der Waals surface area contributed by atoms with Gasteiger partial charge in [0.05, 0.1) is 41.1 Å². The number of rotatable bonds is 12. The van der Waals surface area contributed by atoms with Crippen molar-refractivity contribution >= 4 is 57.0 Å². The molecule has 0 bridgehead atoms. The fourth-order valence-electron chi connectivity index (χ4n) is 9.43. The van der Waals surface area contributed by atoms with Gasteiger partial charge in [-0.3, -0.25) is 0 Å². The number of hydrogen-bond acceptors (Lipinski definition) is 8. The number of anilines is 1. The molecule has 0 saturated heterocycles. The predicted molar refractivity (Wildman–Crippen MR) is 249 cm³/mol. The van der Waals surface area contributed by atoms with Crippen molar-refractivity contribution in [2.75, 3.05) is 38.1 Å². The van der Waals surface area contributed by atoms with Crippen LogP contribution in [0.1, 0.15) is 80.9 Å². The van der Waals surface area contributed by atoms with E-state index in [1.165, 1.54) is 5.57 Å². The molecule has 1 aromatic heterocycles. The highest BCUT2D eigenvalue weighted by Gasteiger charge is 2.38. The van der Waals surface area contributed by atoms with Crippen molar-refractivity contribution in [1.29, 1.82) is 0 Å². The average molecular weight is 845 g/mol. The molecular weight excluding hydrogens is 789 g/mol. The van der Waals surface area contributed by atoms with Gasteiger partial charge in [-0.05, 0) is 95.0 Å². The molecule has 2 aliphatic heterocycles. The molecule has 2 aromatic carbocycles. The molecule has 322 valence electrons. The molecule has 0 amide bonds. The van der Waals surface area contributed by atoms with Gasteiger partial charge in [-0.2, -0.15) is 0 Å². The van der Waals surface area contributed by atoms with Crippen molar-refractivity contribution in [3.63, 3.8) is 0 Å². The van der Waals surface area contributed by atoms with Crippen molar-refractivity contribution in [2.45, 2.75) is 66.8 Å². The van der Waals surface area contributed by atoms with E-state index in [1.54, 1.807) is 0 Å². The van der Waals surface area contributed by atoms with Gasteiger partial charge in [0.25, 0.3) is 5.95 Å². The molecule has 10 nitrogen and oxygen atoms in total. The summed E-state index contributed by atoms with van der Waals surface area (Å²) in [5.74, 6) is 1.80. The van der Waals surface area contributed by atoms with Crippen molar-refractivity contribution < 1.29 is 38.2 Å². The van der Waals surface area contributed by atoms with Crippen molar-refractivity contribution in [1.82, 2.24) is 5.32 Å². The monoisotopic (exact) mass is 844 g/mol. The Morgan fingerprint density at radius 3 is 2.59 bits per heavy atom. The van der Waals surface area contributed by atoms with Crippen LogP contribution in [-0.2, 0) is 9.47 Å². The highest BCUT2D eigenvalue weighted by Crippen LogP contribution is 2.47. The van der Waals surface area contributed by atoms with Gasteiger partial charge < -0.3 is 34.0 Å². The summed E-state index contributed by atoms with van der Waals surface area (Å²) in [5, 5.41) is 22.1. The molecule has 3 heterocycles. The van der Waals surface area contributed by atoms with Crippen LogP contribution in [0.4, 0.5) is 5.69 Å². The Morgan fingerprint density at radius 1 is 0.952 bits per heavy atom. The van der Waals surface area contributed by atoms with Gasteiger partial charge in [-0.1, -0.05) is 54.2 Å². The number of unbranched alkanes of at least 4 members (excludes halogenated alkanes) is 1. The fourth-order valence-corrected chi connectivity index (χ4v) is 9.43. The van der Waals surface area contributed by atoms with Crippen molar-refractivity contribution in [3.8, 4) is 17.3 Å². The Balaban J connectivity index is 0.967. The van der Waals surface area contributed by atoms with Gasteiger partial charge in [0.15, 0.2) is 0 Å². The number of ether oxygens (including phenoxy) is 2. The van der Waals surface area contributed by atoms with Crippen LogP contribution >= 0.6 is 0 Å².